The molecule has 0 bridgehead atoms. The molecule has 0 atom stereocenters. The molecule has 0 saturated heterocycles. The molecule has 4 rings (SSSR count). The van der Waals surface area contributed by atoms with Gasteiger partial charge in [-0.05, 0) is 48.5 Å². The molecule has 1 heterocycles. The molecule has 0 fully saturated rings. The fourth-order valence-corrected chi connectivity index (χ4v) is 3.42. The number of rotatable bonds is 7. The van der Waals surface area contributed by atoms with E-state index < -0.39 is 0 Å². The summed E-state index contributed by atoms with van der Waals surface area (Å²) in [5, 5.41) is 2.92. The highest BCUT2D eigenvalue weighted by Gasteiger charge is 2.15. The number of ether oxygens (including phenoxy) is 2. The van der Waals surface area contributed by atoms with Crippen LogP contribution in [-0.2, 0) is 6.54 Å². The summed E-state index contributed by atoms with van der Waals surface area (Å²) in [7, 11) is 1.61. The van der Waals surface area contributed by atoms with Crippen LogP contribution in [0.3, 0.4) is 0 Å². The molecule has 1 amide bonds. The number of nitrogens with one attached hydrogen (secondary N) is 1. The second kappa shape index (κ2) is 9.00. The molecule has 152 valence electrons. The van der Waals surface area contributed by atoms with Crippen LogP contribution >= 0.6 is 15.9 Å². The van der Waals surface area contributed by atoms with Gasteiger partial charge >= 0.3 is 0 Å². The second-order valence-electron chi connectivity index (χ2n) is 6.54. The maximum absolute atomic E-state index is 12.7. The van der Waals surface area contributed by atoms with Crippen LogP contribution in [0.25, 0.3) is 11.0 Å². The molecule has 0 saturated carbocycles. The minimum atomic E-state index is -0.218. The van der Waals surface area contributed by atoms with Crippen LogP contribution < -0.4 is 14.8 Å². The Balaban J connectivity index is 1.55. The van der Waals surface area contributed by atoms with Crippen molar-refractivity contribution in [1.29, 1.82) is 0 Å². The van der Waals surface area contributed by atoms with Crippen LogP contribution in [0.2, 0.25) is 0 Å². The van der Waals surface area contributed by atoms with E-state index in [-0.39, 0.29) is 5.91 Å². The second-order valence-corrected chi connectivity index (χ2v) is 7.45. The number of hydrogen-bond acceptors (Lipinski definition) is 4. The quantitative estimate of drug-likeness (QED) is 0.410. The molecule has 4 aromatic rings. The number of para-hydroxylation sites is 4. The van der Waals surface area contributed by atoms with Crippen LogP contribution in [-0.4, -0.2) is 29.2 Å². The lowest BCUT2D eigenvalue weighted by atomic mass is 10.2. The largest absolute Gasteiger partial charge is 0.493 e. The number of carbonyl (C=O) groups is 1. The lowest BCUT2D eigenvalue weighted by molar-refractivity contribution is 0.102. The van der Waals surface area contributed by atoms with Crippen molar-refractivity contribution in [2.24, 2.45) is 0 Å². The molecular formula is C23H20BrN3O3. The highest BCUT2D eigenvalue weighted by molar-refractivity contribution is 9.10. The normalized spacial score (nSPS) is 10.7. The third-order valence-corrected chi connectivity index (χ3v) is 5.16. The summed E-state index contributed by atoms with van der Waals surface area (Å²) in [5.74, 6) is 1.61. The molecule has 1 N–H and O–H groups in total. The molecule has 7 heteroatoms. The van der Waals surface area contributed by atoms with Crippen LogP contribution in [0.15, 0.2) is 77.3 Å². The SMILES string of the molecule is COc1ccccc1OCCn1c(NC(=O)c2ccc(Br)cc2)nc2ccccc21. The average Bonchev–Trinajstić information content (AvgIpc) is 3.11. The first-order chi connectivity index (χ1) is 14.7. The van der Waals surface area contributed by atoms with Gasteiger partial charge in [0.15, 0.2) is 11.5 Å². The molecule has 0 unspecified atom stereocenters. The summed E-state index contributed by atoms with van der Waals surface area (Å²) in [4.78, 5) is 17.3. The predicted octanol–water partition coefficient (Wildman–Crippen LogP) is 5.14. The molecule has 0 aliphatic rings. The lowest BCUT2D eigenvalue weighted by Gasteiger charge is -2.13. The third-order valence-electron chi connectivity index (χ3n) is 4.63. The topological polar surface area (TPSA) is 65.4 Å². The Bertz CT molecular complexity index is 1170. The molecule has 0 aliphatic carbocycles. The fraction of sp³-hybridized carbons (Fsp3) is 0.130. The van der Waals surface area contributed by atoms with Gasteiger partial charge in [0, 0.05) is 10.0 Å². The Morgan fingerprint density at radius 3 is 2.47 bits per heavy atom. The number of halogens is 1. The zero-order valence-corrected chi connectivity index (χ0v) is 17.9. The highest BCUT2D eigenvalue weighted by atomic mass is 79.9. The average molecular weight is 466 g/mol. The van der Waals surface area contributed by atoms with E-state index in [2.05, 4.69) is 26.2 Å². The number of carbonyl (C=O) groups excluding carboxylic acids is 1. The number of fused-ring (bicyclic) bond motifs is 1. The van der Waals surface area contributed by atoms with E-state index in [0.717, 1.165) is 15.5 Å². The molecule has 0 aliphatic heterocycles. The van der Waals surface area contributed by atoms with Crippen LogP contribution in [0.5, 0.6) is 11.5 Å². The molecule has 6 nitrogen and oxygen atoms in total. The van der Waals surface area contributed by atoms with Crippen molar-refractivity contribution in [3.8, 4) is 11.5 Å². The van der Waals surface area contributed by atoms with Gasteiger partial charge in [-0.1, -0.05) is 40.2 Å². The fourth-order valence-electron chi connectivity index (χ4n) is 3.16. The summed E-state index contributed by atoms with van der Waals surface area (Å²) in [5.41, 5.74) is 2.29. The Morgan fingerprint density at radius 1 is 1.00 bits per heavy atom. The number of amides is 1. The van der Waals surface area contributed by atoms with Crippen molar-refractivity contribution in [2.45, 2.75) is 6.54 Å². The standard InChI is InChI=1S/C23H20BrN3O3/c1-29-20-8-4-5-9-21(20)30-15-14-27-19-7-3-2-6-18(19)25-23(27)26-22(28)16-10-12-17(24)13-11-16/h2-13H,14-15H2,1H3,(H,25,26,28). The number of nitrogens with zero attached hydrogens (tertiary/aromatic N) is 2. The predicted molar refractivity (Wildman–Crippen MR) is 120 cm³/mol. The Kier molecular flexibility index (Phi) is 5.99. The zero-order valence-electron chi connectivity index (χ0n) is 16.3. The number of anilines is 1. The summed E-state index contributed by atoms with van der Waals surface area (Å²) in [6.45, 7) is 0.899. The first-order valence-corrected chi connectivity index (χ1v) is 10.2. The van der Waals surface area contributed by atoms with Gasteiger partial charge in [-0.25, -0.2) is 4.98 Å². The highest BCUT2D eigenvalue weighted by Crippen LogP contribution is 2.26. The number of imidazole rings is 1. The van der Waals surface area contributed by atoms with Crippen LogP contribution in [0.4, 0.5) is 5.95 Å². The van der Waals surface area contributed by atoms with Gasteiger partial charge in [-0.3, -0.25) is 10.1 Å². The number of methoxy groups -OCH3 is 1. The Morgan fingerprint density at radius 2 is 1.70 bits per heavy atom. The molecule has 1 aromatic heterocycles. The van der Waals surface area contributed by atoms with E-state index in [9.17, 15) is 4.79 Å². The van der Waals surface area contributed by atoms with Crippen molar-refractivity contribution >= 4 is 38.8 Å². The lowest BCUT2D eigenvalue weighted by Crippen LogP contribution is -2.18. The number of aromatic nitrogens is 2. The minimum absolute atomic E-state index is 0.218. The first kappa shape index (κ1) is 20.0. The van der Waals surface area contributed by atoms with Gasteiger partial charge in [0.05, 0.1) is 24.7 Å². The smallest absolute Gasteiger partial charge is 0.257 e. The maximum atomic E-state index is 12.7. The molecule has 0 spiro atoms. The van der Waals surface area contributed by atoms with Crippen molar-refractivity contribution in [3.05, 3.63) is 82.8 Å². The number of benzene rings is 3. The van der Waals surface area contributed by atoms with Crippen LogP contribution in [0, 0.1) is 0 Å². The van der Waals surface area contributed by atoms with Gasteiger partial charge in [0.25, 0.3) is 5.91 Å². The van der Waals surface area contributed by atoms with Crippen molar-refractivity contribution in [1.82, 2.24) is 9.55 Å². The summed E-state index contributed by atoms with van der Waals surface area (Å²) in [6, 6.07) is 22.5. The van der Waals surface area contributed by atoms with Gasteiger partial charge in [-0.2, -0.15) is 0 Å². The molecule has 0 radical (unpaired) electrons. The Hall–Kier alpha value is -3.32. The van der Waals surface area contributed by atoms with E-state index in [1.807, 2.05) is 65.2 Å². The van der Waals surface area contributed by atoms with E-state index in [1.54, 1.807) is 19.2 Å². The molecular weight excluding hydrogens is 446 g/mol. The van der Waals surface area contributed by atoms with E-state index in [0.29, 0.717) is 36.2 Å². The van der Waals surface area contributed by atoms with Crippen molar-refractivity contribution in [3.63, 3.8) is 0 Å². The van der Waals surface area contributed by atoms with E-state index >= 15 is 0 Å². The van der Waals surface area contributed by atoms with Gasteiger partial charge in [-0.15, -0.1) is 0 Å². The first-order valence-electron chi connectivity index (χ1n) is 9.44. The van der Waals surface area contributed by atoms with Crippen LogP contribution in [0.1, 0.15) is 10.4 Å². The zero-order chi connectivity index (χ0) is 20.9. The van der Waals surface area contributed by atoms with Crippen molar-refractivity contribution < 1.29 is 14.3 Å². The minimum Gasteiger partial charge on any atom is -0.493 e. The third kappa shape index (κ3) is 4.31. The monoisotopic (exact) mass is 465 g/mol. The van der Waals surface area contributed by atoms with Gasteiger partial charge in [0.1, 0.15) is 6.61 Å². The molecule has 30 heavy (non-hydrogen) atoms. The number of hydrogen-bond donors (Lipinski definition) is 1. The van der Waals surface area contributed by atoms with Crippen molar-refractivity contribution in [2.75, 3.05) is 19.0 Å². The Labute approximate surface area is 182 Å². The van der Waals surface area contributed by atoms with E-state index in [1.165, 1.54) is 0 Å². The summed E-state index contributed by atoms with van der Waals surface area (Å²) in [6.07, 6.45) is 0. The maximum Gasteiger partial charge on any atom is 0.257 e. The summed E-state index contributed by atoms with van der Waals surface area (Å²) < 4.78 is 14.1. The van der Waals surface area contributed by atoms with E-state index in [4.69, 9.17) is 9.47 Å². The van der Waals surface area contributed by atoms with Gasteiger partial charge < -0.3 is 14.0 Å². The van der Waals surface area contributed by atoms with Gasteiger partial charge in [0.2, 0.25) is 5.95 Å². The molecule has 3 aromatic carbocycles. The summed E-state index contributed by atoms with van der Waals surface area (Å²) >= 11 is 3.38.